The molecule has 0 aliphatic rings. The molecule has 5 nitrogen and oxygen atoms in total. The van der Waals surface area contributed by atoms with Gasteiger partial charge in [-0.05, 0) is 36.4 Å². The number of hydrogen-bond acceptors (Lipinski definition) is 5. The summed E-state index contributed by atoms with van der Waals surface area (Å²) in [6, 6.07) is 11.7. The number of aromatic nitrogens is 1. The van der Waals surface area contributed by atoms with Crippen molar-refractivity contribution in [2.75, 3.05) is 5.32 Å². The molecule has 108 valence electrons. The zero-order valence-corrected chi connectivity index (χ0v) is 13.0. The van der Waals surface area contributed by atoms with Gasteiger partial charge in [0, 0.05) is 5.69 Å². The number of benzene rings is 2. The number of fused-ring (bicyclic) bond motifs is 1. The third-order valence-electron chi connectivity index (χ3n) is 2.80. The molecule has 0 fully saturated rings. The SMILES string of the molecule is NS(=O)(=O)c1ccc(Nc2nc3cccc(Cl)c3s2)cc1. The highest BCUT2D eigenvalue weighted by Crippen LogP contribution is 2.33. The van der Waals surface area contributed by atoms with Crippen LogP contribution in [-0.4, -0.2) is 13.4 Å². The molecular formula is C13H10ClN3O2S2. The van der Waals surface area contributed by atoms with E-state index in [9.17, 15) is 8.42 Å². The molecule has 3 N–H and O–H groups in total. The lowest BCUT2D eigenvalue weighted by Crippen LogP contribution is -2.11. The second-order valence-corrected chi connectivity index (χ2v) is 7.27. The lowest BCUT2D eigenvalue weighted by Gasteiger charge is -2.03. The predicted octanol–water partition coefficient (Wildman–Crippen LogP) is 3.34. The summed E-state index contributed by atoms with van der Waals surface area (Å²) in [5, 5.41) is 9.50. The maximum Gasteiger partial charge on any atom is 0.238 e. The molecule has 1 heterocycles. The number of nitrogens with one attached hydrogen (secondary N) is 1. The molecule has 0 bridgehead atoms. The summed E-state index contributed by atoms with van der Waals surface area (Å²) in [6.45, 7) is 0. The van der Waals surface area contributed by atoms with Crippen LogP contribution in [0.1, 0.15) is 0 Å². The van der Waals surface area contributed by atoms with Crippen molar-refractivity contribution in [2.45, 2.75) is 4.90 Å². The van der Waals surface area contributed by atoms with E-state index in [0.29, 0.717) is 10.2 Å². The zero-order chi connectivity index (χ0) is 15.0. The number of rotatable bonds is 3. The molecule has 0 unspecified atom stereocenters. The van der Waals surface area contributed by atoms with Crippen LogP contribution in [0.3, 0.4) is 0 Å². The minimum atomic E-state index is -3.68. The fraction of sp³-hybridized carbons (Fsp3) is 0. The Balaban J connectivity index is 1.90. The highest BCUT2D eigenvalue weighted by molar-refractivity contribution is 7.89. The van der Waals surface area contributed by atoms with Crippen molar-refractivity contribution in [3.05, 3.63) is 47.5 Å². The van der Waals surface area contributed by atoms with Crippen LogP contribution in [0.5, 0.6) is 0 Å². The van der Waals surface area contributed by atoms with Crippen molar-refractivity contribution in [3.63, 3.8) is 0 Å². The molecule has 21 heavy (non-hydrogen) atoms. The number of anilines is 2. The summed E-state index contributed by atoms with van der Waals surface area (Å²) in [5.41, 5.74) is 1.54. The van der Waals surface area contributed by atoms with Gasteiger partial charge in [-0.3, -0.25) is 0 Å². The molecule has 8 heteroatoms. The van der Waals surface area contributed by atoms with Gasteiger partial charge in [-0.25, -0.2) is 18.5 Å². The molecule has 0 aliphatic carbocycles. The molecule has 0 aliphatic heterocycles. The van der Waals surface area contributed by atoms with Gasteiger partial charge in [-0.1, -0.05) is 29.0 Å². The van der Waals surface area contributed by atoms with E-state index in [1.54, 1.807) is 12.1 Å². The smallest absolute Gasteiger partial charge is 0.238 e. The van der Waals surface area contributed by atoms with Crippen LogP contribution in [0, 0.1) is 0 Å². The van der Waals surface area contributed by atoms with Crippen LogP contribution >= 0.6 is 22.9 Å². The molecule has 3 rings (SSSR count). The first-order valence-corrected chi connectivity index (χ1v) is 8.62. The largest absolute Gasteiger partial charge is 0.332 e. The van der Waals surface area contributed by atoms with E-state index >= 15 is 0 Å². The minimum absolute atomic E-state index is 0.0698. The van der Waals surface area contributed by atoms with E-state index in [4.69, 9.17) is 16.7 Å². The Morgan fingerprint density at radius 2 is 1.86 bits per heavy atom. The van der Waals surface area contributed by atoms with Crippen LogP contribution in [0.25, 0.3) is 10.2 Å². The Morgan fingerprint density at radius 1 is 1.14 bits per heavy atom. The van der Waals surface area contributed by atoms with Crippen molar-refractivity contribution >= 4 is 54.0 Å². The van der Waals surface area contributed by atoms with Crippen molar-refractivity contribution in [2.24, 2.45) is 5.14 Å². The van der Waals surface area contributed by atoms with E-state index in [0.717, 1.165) is 15.9 Å². The molecule has 0 saturated heterocycles. The Bertz CT molecular complexity index is 905. The first-order chi connectivity index (χ1) is 9.93. The molecule has 0 atom stereocenters. The Kier molecular flexibility index (Phi) is 3.58. The monoisotopic (exact) mass is 339 g/mol. The van der Waals surface area contributed by atoms with Gasteiger partial charge in [-0.2, -0.15) is 0 Å². The van der Waals surface area contributed by atoms with Gasteiger partial charge in [-0.15, -0.1) is 0 Å². The molecule has 3 aromatic rings. The summed E-state index contributed by atoms with van der Waals surface area (Å²) in [4.78, 5) is 4.49. The standard InChI is InChI=1S/C13H10ClN3O2S2/c14-10-2-1-3-11-12(10)20-13(17-11)16-8-4-6-9(7-5-8)21(15,18)19/h1-7H,(H,16,17)(H2,15,18,19). The maximum atomic E-state index is 11.2. The van der Waals surface area contributed by atoms with Crippen molar-refractivity contribution in [1.82, 2.24) is 4.98 Å². The summed E-state index contributed by atoms with van der Waals surface area (Å²) in [6.07, 6.45) is 0. The molecule has 2 aromatic carbocycles. The zero-order valence-electron chi connectivity index (χ0n) is 10.6. The van der Waals surface area contributed by atoms with Crippen LogP contribution in [0.4, 0.5) is 10.8 Å². The van der Waals surface area contributed by atoms with Crippen LogP contribution in [-0.2, 0) is 10.0 Å². The van der Waals surface area contributed by atoms with Gasteiger partial charge in [0.25, 0.3) is 0 Å². The molecular weight excluding hydrogens is 330 g/mol. The van der Waals surface area contributed by atoms with Gasteiger partial charge < -0.3 is 5.32 Å². The number of sulfonamides is 1. The van der Waals surface area contributed by atoms with E-state index < -0.39 is 10.0 Å². The Hall–Kier alpha value is -1.67. The van der Waals surface area contributed by atoms with E-state index in [1.165, 1.54) is 23.5 Å². The Labute approximate surface area is 130 Å². The highest BCUT2D eigenvalue weighted by Gasteiger charge is 2.09. The molecule has 1 aromatic heterocycles. The first kappa shape index (κ1) is 14.3. The topological polar surface area (TPSA) is 85.1 Å². The fourth-order valence-electron chi connectivity index (χ4n) is 1.82. The molecule has 0 amide bonds. The van der Waals surface area contributed by atoms with Gasteiger partial charge in [0.05, 0.1) is 20.1 Å². The van der Waals surface area contributed by atoms with Gasteiger partial charge in [0.1, 0.15) is 0 Å². The second kappa shape index (κ2) is 5.27. The van der Waals surface area contributed by atoms with Crippen molar-refractivity contribution < 1.29 is 8.42 Å². The normalized spacial score (nSPS) is 11.7. The van der Waals surface area contributed by atoms with Gasteiger partial charge in [0.15, 0.2) is 5.13 Å². The van der Waals surface area contributed by atoms with E-state index in [1.807, 2.05) is 18.2 Å². The van der Waals surface area contributed by atoms with Crippen molar-refractivity contribution in [1.29, 1.82) is 0 Å². The average molecular weight is 340 g/mol. The van der Waals surface area contributed by atoms with E-state index in [-0.39, 0.29) is 4.90 Å². The van der Waals surface area contributed by atoms with Crippen LogP contribution in [0.2, 0.25) is 5.02 Å². The number of halogens is 1. The van der Waals surface area contributed by atoms with Crippen LogP contribution < -0.4 is 10.5 Å². The number of hydrogen-bond donors (Lipinski definition) is 2. The quantitative estimate of drug-likeness (QED) is 0.766. The second-order valence-electron chi connectivity index (χ2n) is 4.30. The first-order valence-electron chi connectivity index (χ1n) is 5.88. The summed E-state index contributed by atoms with van der Waals surface area (Å²) >= 11 is 7.54. The third-order valence-corrected chi connectivity index (χ3v) is 5.18. The number of thiazole rings is 1. The van der Waals surface area contributed by atoms with Gasteiger partial charge in [0.2, 0.25) is 10.0 Å². The summed E-state index contributed by atoms with van der Waals surface area (Å²) < 4.78 is 23.3. The lowest BCUT2D eigenvalue weighted by molar-refractivity contribution is 0.598. The average Bonchev–Trinajstić information content (AvgIpc) is 2.82. The molecule has 0 spiro atoms. The predicted molar refractivity (Wildman–Crippen MR) is 85.7 cm³/mol. The summed E-state index contributed by atoms with van der Waals surface area (Å²) in [5.74, 6) is 0. The third kappa shape index (κ3) is 3.01. The number of nitrogens with zero attached hydrogens (tertiary/aromatic N) is 1. The lowest BCUT2D eigenvalue weighted by atomic mass is 10.3. The number of nitrogens with two attached hydrogens (primary N) is 1. The van der Waals surface area contributed by atoms with Gasteiger partial charge >= 0.3 is 0 Å². The highest BCUT2D eigenvalue weighted by atomic mass is 35.5. The van der Waals surface area contributed by atoms with E-state index in [2.05, 4.69) is 10.3 Å². The number of primary sulfonamides is 1. The molecule has 0 saturated carbocycles. The maximum absolute atomic E-state index is 11.2. The fourth-order valence-corrected chi connectivity index (χ4v) is 3.51. The minimum Gasteiger partial charge on any atom is -0.332 e. The summed E-state index contributed by atoms with van der Waals surface area (Å²) in [7, 11) is -3.68. The molecule has 0 radical (unpaired) electrons. The van der Waals surface area contributed by atoms with Crippen LogP contribution in [0.15, 0.2) is 47.4 Å². The Morgan fingerprint density at radius 3 is 2.48 bits per heavy atom. The van der Waals surface area contributed by atoms with Crippen molar-refractivity contribution in [3.8, 4) is 0 Å².